The van der Waals surface area contributed by atoms with Crippen LogP contribution in [0.15, 0.2) is 76.5 Å². The fourth-order valence-corrected chi connectivity index (χ4v) is 4.49. The molecule has 0 bridgehead atoms. The first-order chi connectivity index (χ1) is 14.1. The number of carbonyl (C=O) groups is 1. The molecule has 1 heterocycles. The lowest BCUT2D eigenvalue weighted by Gasteiger charge is -2.32. The summed E-state index contributed by atoms with van der Waals surface area (Å²) in [5, 5.41) is 21.9. The highest BCUT2D eigenvalue weighted by molar-refractivity contribution is 7.99. The van der Waals surface area contributed by atoms with Crippen molar-refractivity contribution >= 4 is 29.0 Å². The van der Waals surface area contributed by atoms with Gasteiger partial charge in [0.05, 0.1) is 11.4 Å². The fraction of sp³-hybridized carbons (Fsp3) is 0.174. The largest absolute Gasteiger partial charge is 0.504 e. The molecule has 0 saturated heterocycles. The lowest BCUT2D eigenvalue weighted by Crippen LogP contribution is -2.30. The predicted molar refractivity (Wildman–Crippen MR) is 115 cm³/mol. The Morgan fingerprint density at radius 3 is 2.21 bits per heavy atom. The molecule has 29 heavy (non-hydrogen) atoms. The number of phenols is 2. The Balaban J connectivity index is 1.36. The minimum atomic E-state index is -0.144. The first kappa shape index (κ1) is 19.2. The van der Waals surface area contributed by atoms with Crippen LogP contribution in [-0.4, -0.2) is 29.2 Å². The molecule has 0 saturated carbocycles. The summed E-state index contributed by atoms with van der Waals surface area (Å²) in [6.45, 7) is 1.08. The van der Waals surface area contributed by atoms with E-state index in [1.165, 1.54) is 21.9 Å². The van der Waals surface area contributed by atoms with Crippen LogP contribution < -0.4 is 10.2 Å². The molecule has 4 rings (SSSR count). The summed E-state index contributed by atoms with van der Waals surface area (Å²) in [4.78, 5) is 17.0. The lowest BCUT2D eigenvalue weighted by atomic mass is 10.1. The SMILES string of the molecule is O=C(CCN1c2ccccc2Sc2ccccc21)NCCc1ccc(O)c(O)c1. The standard InChI is InChI=1S/C23H22N2O3S/c26-19-10-9-16(15-20(19)27)11-13-24-23(28)12-14-25-17-5-1-3-7-21(17)29-22-8-4-2-6-18(22)25/h1-10,15,26-27H,11-14H2,(H,24,28). The van der Waals surface area contributed by atoms with Gasteiger partial charge < -0.3 is 20.4 Å². The highest BCUT2D eigenvalue weighted by Crippen LogP contribution is 2.47. The molecule has 0 atom stereocenters. The molecule has 0 fully saturated rings. The molecule has 1 amide bonds. The maximum absolute atomic E-state index is 12.4. The summed E-state index contributed by atoms with van der Waals surface area (Å²) >= 11 is 1.75. The van der Waals surface area contributed by atoms with Gasteiger partial charge in [-0.05, 0) is 48.4 Å². The van der Waals surface area contributed by atoms with E-state index in [9.17, 15) is 15.0 Å². The van der Waals surface area contributed by atoms with Gasteiger partial charge in [0.2, 0.25) is 5.91 Å². The quantitative estimate of drug-likeness (QED) is 0.528. The maximum Gasteiger partial charge on any atom is 0.221 e. The van der Waals surface area contributed by atoms with E-state index in [4.69, 9.17) is 0 Å². The van der Waals surface area contributed by atoms with Crippen molar-refractivity contribution in [3.05, 3.63) is 72.3 Å². The van der Waals surface area contributed by atoms with Gasteiger partial charge in [0.15, 0.2) is 11.5 Å². The number of amides is 1. The van der Waals surface area contributed by atoms with Gasteiger partial charge in [0, 0.05) is 29.3 Å². The van der Waals surface area contributed by atoms with Crippen molar-refractivity contribution in [1.29, 1.82) is 0 Å². The summed E-state index contributed by atoms with van der Waals surface area (Å²) < 4.78 is 0. The van der Waals surface area contributed by atoms with E-state index in [0.29, 0.717) is 25.9 Å². The second kappa shape index (κ2) is 8.49. The zero-order valence-corrected chi connectivity index (χ0v) is 16.7. The predicted octanol–water partition coefficient (Wildman–Crippen LogP) is 4.45. The van der Waals surface area contributed by atoms with E-state index in [0.717, 1.165) is 16.9 Å². The Morgan fingerprint density at radius 1 is 0.897 bits per heavy atom. The number of benzene rings is 3. The minimum Gasteiger partial charge on any atom is -0.504 e. The Bertz CT molecular complexity index is 993. The van der Waals surface area contributed by atoms with E-state index in [-0.39, 0.29) is 17.4 Å². The van der Waals surface area contributed by atoms with Gasteiger partial charge in [0.25, 0.3) is 0 Å². The van der Waals surface area contributed by atoms with Gasteiger partial charge >= 0.3 is 0 Å². The normalized spacial score (nSPS) is 12.2. The van der Waals surface area contributed by atoms with Crippen molar-refractivity contribution < 1.29 is 15.0 Å². The number of anilines is 2. The molecule has 0 radical (unpaired) electrons. The van der Waals surface area contributed by atoms with Gasteiger partial charge in [-0.15, -0.1) is 0 Å². The number of aromatic hydroxyl groups is 2. The smallest absolute Gasteiger partial charge is 0.221 e. The van der Waals surface area contributed by atoms with Gasteiger partial charge in [-0.1, -0.05) is 42.1 Å². The molecule has 1 aliphatic rings. The third-order valence-corrected chi connectivity index (χ3v) is 6.00. The van der Waals surface area contributed by atoms with Crippen LogP contribution in [0.1, 0.15) is 12.0 Å². The molecule has 3 N–H and O–H groups in total. The van der Waals surface area contributed by atoms with E-state index < -0.39 is 0 Å². The van der Waals surface area contributed by atoms with Crippen LogP contribution in [0.4, 0.5) is 11.4 Å². The van der Waals surface area contributed by atoms with Crippen molar-refractivity contribution in [2.75, 3.05) is 18.0 Å². The first-order valence-electron chi connectivity index (χ1n) is 9.53. The van der Waals surface area contributed by atoms with Crippen molar-refractivity contribution in [3.63, 3.8) is 0 Å². The van der Waals surface area contributed by atoms with E-state index >= 15 is 0 Å². The van der Waals surface area contributed by atoms with Crippen molar-refractivity contribution in [3.8, 4) is 11.5 Å². The molecular formula is C23H22N2O3S. The molecule has 0 aromatic heterocycles. The number of rotatable bonds is 6. The minimum absolute atomic E-state index is 0.0128. The first-order valence-corrected chi connectivity index (χ1v) is 10.3. The monoisotopic (exact) mass is 406 g/mol. The van der Waals surface area contributed by atoms with Crippen molar-refractivity contribution in [2.45, 2.75) is 22.6 Å². The van der Waals surface area contributed by atoms with Crippen LogP contribution >= 0.6 is 11.8 Å². The number of hydrogen-bond donors (Lipinski definition) is 3. The van der Waals surface area contributed by atoms with Crippen LogP contribution in [0.25, 0.3) is 0 Å². The molecule has 6 heteroatoms. The molecular weight excluding hydrogens is 384 g/mol. The van der Waals surface area contributed by atoms with Gasteiger partial charge in [-0.25, -0.2) is 0 Å². The number of nitrogens with one attached hydrogen (secondary N) is 1. The van der Waals surface area contributed by atoms with Crippen LogP contribution in [0.5, 0.6) is 11.5 Å². The molecule has 0 spiro atoms. The number of hydrogen-bond acceptors (Lipinski definition) is 5. The zero-order chi connectivity index (χ0) is 20.2. The van der Waals surface area contributed by atoms with E-state index in [1.54, 1.807) is 17.8 Å². The summed E-state index contributed by atoms with van der Waals surface area (Å²) in [5.41, 5.74) is 3.11. The van der Waals surface area contributed by atoms with Gasteiger partial charge in [-0.3, -0.25) is 4.79 Å². The Hall–Kier alpha value is -3.12. The van der Waals surface area contributed by atoms with Crippen LogP contribution in [0.2, 0.25) is 0 Å². The Labute approximate surface area is 174 Å². The summed E-state index contributed by atoms with van der Waals surface area (Å²) in [7, 11) is 0. The summed E-state index contributed by atoms with van der Waals surface area (Å²) in [5.74, 6) is -0.298. The Kier molecular flexibility index (Phi) is 5.62. The van der Waals surface area contributed by atoms with E-state index in [2.05, 4.69) is 34.5 Å². The molecule has 0 unspecified atom stereocenters. The molecule has 0 aliphatic carbocycles. The third kappa shape index (κ3) is 4.32. The fourth-order valence-electron chi connectivity index (χ4n) is 3.39. The van der Waals surface area contributed by atoms with Crippen LogP contribution in [-0.2, 0) is 11.2 Å². The number of fused-ring (bicyclic) bond motifs is 2. The number of para-hydroxylation sites is 2. The second-order valence-electron chi connectivity index (χ2n) is 6.86. The molecule has 5 nitrogen and oxygen atoms in total. The number of nitrogens with zero attached hydrogens (tertiary/aromatic N) is 1. The highest BCUT2D eigenvalue weighted by Gasteiger charge is 2.23. The second-order valence-corrected chi connectivity index (χ2v) is 7.95. The van der Waals surface area contributed by atoms with Crippen molar-refractivity contribution in [2.24, 2.45) is 0 Å². The lowest BCUT2D eigenvalue weighted by molar-refractivity contribution is -0.120. The highest BCUT2D eigenvalue weighted by atomic mass is 32.2. The van der Waals surface area contributed by atoms with E-state index in [1.807, 2.05) is 24.3 Å². The Morgan fingerprint density at radius 2 is 1.55 bits per heavy atom. The van der Waals surface area contributed by atoms with Crippen LogP contribution in [0.3, 0.4) is 0 Å². The van der Waals surface area contributed by atoms with Crippen molar-refractivity contribution in [1.82, 2.24) is 5.32 Å². The third-order valence-electron chi connectivity index (χ3n) is 4.87. The average molecular weight is 407 g/mol. The van der Waals surface area contributed by atoms with Gasteiger partial charge in [0.1, 0.15) is 0 Å². The van der Waals surface area contributed by atoms with Crippen LogP contribution in [0, 0.1) is 0 Å². The summed E-state index contributed by atoms with van der Waals surface area (Å²) in [6, 6.07) is 21.2. The van der Waals surface area contributed by atoms with Gasteiger partial charge in [-0.2, -0.15) is 0 Å². The molecule has 3 aromatic rings. The zero-order valence-electron chi connectivity index (χ0n) is 15.8. The number of phenolic OH excluding ortho intramolecular Hbond substituents is 2. The average Bonchev–Trinajstić information content (AvgIpc) is 2.73. The molecule has 3 aromatic carbocycles. The number of carbonyl (C=O) groups excluding carboxylic acids is 1. The molecule has 148 valence electrons. The topological polar surface area (TPSA) is 72.8 Å². The molecule has 1 aliphatic heterocycles. The maximum atomic E-state index is 12.4. The summed E-state index contributed by atoms with van der Waals surface area (Å²) in [6.07, 6.45) is 0.972.